The fourth-order valence-electron chi connectivity index (χ4n) is 9.21. The molecule has 7 aromatic heterocycles. The van der Waals surface area contributed by atoms with Gasteiger partial charge in [0.05, 0.1) is 35.2 Å². The van der Waals surface area contributed by atoms with Crippen LogP contribution in [0.25, 0.3) is 45.2 Å². The first-order valence-corrected chi connectivity index (χ1v) is 22.3. The Morgan fingerprint density at radius 1 is 0.761 bits per heavy atom. The Morgan fingerprint density at radius 3 is 2.24 bits per heavy atom. The number of fused-ring (bicyclic) bond motifs is 14. The Morgan fingerprint density at radius 2 is 1.49 bits per heavy atom. The summed E-state index contributed by atoms with van der Waals surface area (Å²) in [5.74, 6) is 0.0624. The Kier molecular flexibility index (Phi) is 10.5. The standard InChI is InChI=1S/C47H42ClF4N13O2/c1-3-63-43-27-13-37(45(53)57-17-27)66-23(2)33-15-31(50)19-55-41(33)40-29(11-35(43)44(48)61-63)21-62(59-40)9-8-36-34-14-30(49)6-7-32(34)39-28(22-65(60-39)47(51)52)10-25-18-58-64(20-24-4-5-24)42(25)26-12-38(67-36)46(54)56-16-26/h6-7,12-19,21-24,36,47H,3-5,8-11,20H2,1-2H3,(H2,53,57)(H2,54,56). The van der Waals surface area contributed by atoms with Gasteiger partial charge in [0.2, 0.25) is 0 Å². The molecule has 2 atom stereocenters. The molecule has 1 aliphatic carbocycles. The van der Waals surface area contributed by atoms with Gasteiger partial charge < -0.3 is 20.9 Å². The van der Waals surface area contributed by atoms with Crippen molar-refractivity contribution in [3.8, 4) is 56.7 Å². The van der Waals surface area contributed by atoms with E-state index in [4.69, 9.17) is 42.7 Å². The van der Waals surface area contributed by atoms with Gasteiger partial charge in [0.25, 0.3) is 0 Å². The maximum absolute atomic E-state index is 15.6. The van der Waals surface area contributed by atoms with Crippen LogP contribution in [0.3, 0.4) is 0 Å². The van der Waals surface area contributed by atoms with Gasteiger partial charge >= 0.3 is 6.55 Å². The van der Waals surface area contributed by atoms with Gasteiger partial charge in [-0.15, -0.1) is 0 Å². The predicted molar refractivity (Wildman–Crippen MR) is 240 cm³/mol. The smallest absolute Gasteiger partial charge is 0.333 e. The summed E-state index contributed by atoms with van der Waals surface area (Å²) in [6.07, 6.45) is 10.3. The number of anilines is 2. The predicted octanol–water partition coefficient (Wildman–Crippen LogP) is 9.41. The van der Waals surface area contributed by atoms with Crippen LogP contribution in [-0.4, -0.2) is 54.1 Å². The fraction of sp³-hybridized carbons (Fsp3) is 0.298. The third-order valence-corrected chi connectivity index (χ3v) is 12.9. The second kappa shape index (κ2) is 16.6. The van der Waals surface area contributed by atoms with Crippen molar-refractivity contribution in [3.05, 3.63) is 124 Å². The van der Waals surface area contributed by atoms with Crippen LogP contribution in [-0.2, 0) is 32.5 Å². The number of hydrogen-bond donors (Lipinski definition) is 2. The zero-order valence-corrected chi connectivity index (χ0v) is 36.9. The van der Waals surface area contributed by atoms with Crippen LogP contribution in [0.1, 0.15) is 85.2 Å². The summed E-state index contributed by atoms with van der Waals surface area (Å²) in [6.45, 7) is 2.09. The van der Waals surface area contributed by atoms with Gasteiger partial charge in [0, 0.05) is 114 Å². The van der Waals surface area contributed by atoms with Gasteiger partial charge in [-0.1, -0.05) is 11.6 Å². The van der Waals surface area contributed by atoms with Crippen LogP contribution in [0.4, 0.5) is 29.2 Å². The van der Waals surface area contributed by atoms with E-state index in [1.54, 1.807) is 47.0 Å². The summed E-state index contributed by atoms with van der Waals surface area (Å²) in [4.78, 5) is 13.5. The molecular formula is C47H42ClF4N13O2. The Hall–Kier alpha value is -7.28. The number of hydrogen-bond acceptors (Lipinski definition) is 11. The van der Waals surface area contributed by atoms with Crippen molar-refractivity contribution < 1.29 is 27.0 Å². The molecule has 8 aromatic rings. The van der Waals surface area contributed by atoms with E-state index in [0.29, 0.717) is 85.3 Å². The summed E-state index contributed by atoms with van der Waals surface area (Å²) >= 11 is 6.93. The average molecular weight is 932 g/mol. The molecule has 0 saturated heterocycles. The molecule has 1 saturated carbocycles. The molecule has 2 unspecified atom stereocenters. The maximum atomic E-state index is 15.6. The summed E-state index contributed by atoms with van der Waals surface area (Å²) in [6, 6.07) is 9.04. The SMILES string of the molecule is CCn1nc(Cl)c2c1-c1cnc(N)c(c1)OC(C)c1cc(F)cnc1-c1nn(CCC3Oc4cc(cnc4N)-c4c(cnn4CC4CC4)Cc4cn(C(F)F)nc4-c4ccc(F)cc43)cc1C2. The highest BCUT2D eigenvalue weighted by atomic mass is 35.5. The molecule has 2 aliphatic heterocycles. The number of benzene rings is 1. The molecule has 0 spiro atoms. The van der Waals surface area contributed by atoms with Crippen molar-refractivity contribution in [2.75, 3.05) is 11.5 Å². The van der Waals surface area contributed by atoms with E-state index in [1.807, 2.05) is 17.8 Å². The van der Waals surface area contributed by atoms with E-state index in [1.165, 1.54) is 30.5 Å². The minimum Gasteiger partial charge on any atom is -0.482 e. The van der Waals surface area contributed by atoms with Crippen LogP contribution < -0.4 is 20.9 Å². The van der Waals surface area contributed by atoms with Crippen molar-refractivity contribution in [2.24, 2.45) is 5.92 Å². The first-order valence-electron chi connectivity index (χ1n) is 21.9. The Bertz CT molecular complexity index is 3230. The molecule has 67 heavy (non-hydrogen) atoms. The first kappa shape index (κ1) is 42.4. The largest absolute Gasteiger partial charge is 0.482 e. The summed E-state index contributed by atoms with van der Waals surface area (Å²) in [5, 5.41) is 19.1. The lowest BCUT2D eigenvalue weighted by molar-refractivity contribution is 0.0567. The zero-order valence-electron chi connectivity index (χ0n) is 36.2. The third-order valence-electron chi connectivity index (χ3n) is 12.6. The van der Waals surface area contributed by atoms with Gasteiger partial charge in [-0.2, -0.15) is 29.2 Å². The van der Waals surface area contributed by atoms with Gasteiger partial charge in [0.1, 0.15) is 29.5 Å². The number of nitrogens with two attached hydrogens (primary N) is 2. The third kappa shape index (κ3) is 7.79. The summed E-state index contributed by atoms with van der Waals surface area (Å²) in [5.41, 5.74) is 20.5. The molecule has 4 N–H and O–H groups in total. The molecule has 0 amide bonds. The van der Waals surface area contributed by atoms with Crippen LogP contribution in [0.2, 0.25) is 5.15 Å². The fourth-order valence-corrected chi connectivity index (χ4v) is 9.46. The number of halogens is 5. The van der Waals surface area contributed by atoms with Gasteiger partial charge in [-0.25, -0.2) is 23.4 Å². The topological polar surface area (TPSA) is 180 Å². The number of aromatic nitrogens is 11. The number of ether oxygens (including phenoxy) is 2. The van der Waals surface area contributed by atoms with Crippen LogP contribution in [0, 0.1) is 17.6 Å². The van der Waals surface area contributed by atoms with Crippen molar-refractivity contribution >= 4 is 23.2 Å². The van der Waals surface area contributed by atoms with Crippen molar-refractivity contribution in [1.29, 1.82) is 0 Å². The molecule has 15 nitrogen and oxygen atoms in total. The number of aryl methyl sites for hydroxylation is 2. The highest BCUT2D eigenvalue weighted by molar-refractivity contribution is 6.30. The minimum absolute atomic E-state index is 0.0935. The normalized spacial score (nSPS) is 16.4. The first-order chi connectivity index (χ1) is 32.4. The molecule has 0 radical (unpaired) electrons. The zero-order chi connectivity index (χ0) is 46.2. The van der Waals surface area contributed by atoms with Crippen LogP contribution in [0.15, 0.2) is 73.6 Å². The lowest BCUT2D eigenvalue weighted by Gasteiger charge is -2.24. The highest BCUT2D eigenvalue weighted by Crippen LogP contribution is 2.43. The average Bonchev–Trinajstić information content (AvgIpc) is 3.55. The van der Waals surface area contributed by atoms with Crippen LogP contribution >= 0.6 is 11.6 Å². The monoisotopic (exact) mass is 931 g/mol. The van der Waals surface area contributed by atoms with E-state index < -0.39 is 30.4 Å². The summed E-state index contributed by atoms with van der Waals surface area (Å²) in [7, 11) is 0. The molecule has 1 aromatic carbocycles. The minimum atomic E-state index is -2.94. The lowest BCUT2D eigenvalue weighted by Crippen LogP contribution is -2.15. The molecule has 9 heterocycles. The number of rotatable bonds is 7. The molecule has 1 fully saturated rings. The van der Waals surface area contributed by atoms with E-state index in [-0.39, 0.29) is 59.8 Å². The van der Waals surface area contributed by atoms with E-state index >= 15 is 8.78 Å². The lowest BCUT2D eigenvalue weighted by atomic mass is 9.93. The summed E-state index contributed by atoms with van der Waals surface area (Å²) < 4.78 is 78.9. The van der Waals surface area contributed by atoms with Crippen molar-refractivity contribution in [2.45, 2.75) is 84.3 Å². The van der Waals surface area contributed by atoms with Gasteiger partial charge in [-0.05, 0) is 69.0 Å². The molecule has 11 rings (SSSR count). The van der Waals surface area contributed by atoms with E-state index in [2.05, 4.69) is 25.1 Å². The van der Waals surface area contributed by atoms with Crippen molar-refractivity contribution in [1.82, 2.24) is 54.1 Å². The molecule has 3 aliphatic rings. The molecular weight excluding hydrogens is 890 g/mol. The molecule has 342 valence electrons. The molecule has 20 heteroatoms. The number of nitrogens with zero attached hydrogens (tertiary/aromatic N) is 11. The van der Waals surface area contributed by atoms with Gasteiger partial charge in [0.15, 0.2) is 28.3 Å². The number of alkyl halides is 2. The van der Waals surface area contributed by atoms with E-state index in [0.717, 1.165) is 30.3 Å². The van der Waals surface area contributed by atoms with Gasteiger partial charge in [-0.3, -0.25) is 19.0 Å². The maximum Gasteiger partial charge on any atom is 0.333 e. The Balaban J connectivity index is 1.05. The second-order valence-corrected chi connectivity index (χ2v) is 17.5. The highest BCUT2D eigenvalue weighted by Gasteiger charge is 2.31. The quantitative estimate of drug-likeness (QED) is 0.145. The van der Waals surface area contributed by atoms with E-state index in [9.17, 15) is 8.78 Å². The van der Waals surface area contributed by atoms with Crippen LogP contribution in [0.5, 0.6) is 11.5 Å². The number of pyridine rings is 3. The Labute approximate surface area is 385 Å². The van der Waals surface area contributed by atoms with Crippen molar-refractivity contribution in [3.63, 3.8) is 0 Å². The second-order valence-electron chi connectivity index (χ2n) is 17.2. The number of nitrogen functional groups attached to an aromatic ring is 2. The molecule has 4 bridgehead atoms.